The summed E-state index contributed by atoms with van der Waals surface area (Å²) in [6.07, 6.45) is 1.52. The highest BCUT2D eigenvalue weighted by molar-refractivity contribution is 6.19. The van der Waals surface area contributed by atoms with Crippen molar-refractivity contribution in [1.82, 2.24) is 20.0 Å². The number of anilines is 2. The highest BCUT2D eigenvalue weighted by Crippen LogP contribution is 2.48. The number of alkyl halides is 1. The van der Waals surface area contributed by atoms with E-state index >= 15 is 0 Å². The van der Waals surface area contributed by atoms with Gasteiger partial charge in [-0.15, -0.1) is 16.7 Å². The average Bonchev–Trinajstić information content (AvgIpc) is 3.75. The Labute approximate surface area is 250 Å². The molecule has 6 rings (SSSR count). The number of aromatic amines is 1. The van der Waals surface area contributed by atoms with Crippen molar-refractivity contribution < 1.29 is 29.3 Å². The number of carbonyl (C=O) groups is 2. The van der Waals surface area contributed by atoms with Crippen molar-refractivity contribution in [3.05, 3.63) is 71.7 Å². The van der Waals surface area contributed by atoms with Crippen LogP contribution in [0.1, 0.15) is 32.5 Å². The first-order valence-electron chi connectivity index (χ1n) is 13.6. The zero-order valence-electron chi connectivity index (χ0n) is 23.2. The quantitative estimate of drug-likeness (QED) is 0.138. The molecule has 3 heterocycles. The van der Waals surface area contributed by atoms with E-state index in [0.29, 0.717) is 53.4 Å². The van der Waals surface area contributed by atoms with Crippen LogP contribution in [0.5, 0.6) is 11.5 Å². The topological polar surface area (TPSA) is 155 Å². The average molecular weight is 605 g/mol. The Balaban J connectivity index is 1.23. The number of phenols is 1. The lowest BCUT2D eigenvalue weighted by Gasteiger charge is -2.18. The number of hydrogen-bond acceptors (Lipinski definition) is 8. The molecule has 4 N–H and O–H groups in total. The van der Waals surface area contributed by atoms with E-state index in [0.717, 1.165) is 16.3 Å². The van der Waals surface area contributed by atoms with Gasteiger partial charge in [-0.1, -0.05) is 17.3 Å². The fourth-order valence-electron chi connectivity index (χ4n) is 5.47. The van der Waals surface area contributed by atoms with Gasteiger partial charge in [-0.05, 0) is 35.9 Å². The van der Waals surface area contributed by atoms with E-state index in [4.69, 9.17) is 26.2 Å². The number of aromatic hydroxyl groups is 1. The first-order valence-corrected chi connectivity index (χ1v) is 14.2. The molecule has 0 fully saturated rings. The van der Waals surface area contributed by atoms with Crippen LogP contribution in [-0.2, 0) is 11.3 Å². The molecule has 3 aromatic carbocycles. The third kappa shape index (κ3) is 5.36. The molecule has 2 amide bonds. The van der Waals surface area contributed by atoms with Crippen LogP contribution in [0.3, 0.4) is 0 Å². The monoisotopic (exact) mass is 604 g/mol. The van der Waals surface area contributed by atoms with Gasteiger partial charge in [-0.25, -0.2) is 4.68 Å². The van der Waals surface area contributed by atoms with E-state index in [2.05, 4.69) is 20.6 Å². The second kappa shape index (κ2) is 11.9. The Morgan fingerprint density at radius 2 is 2.05 bits per heavy atom. The molecule has 0 bridgehead atoms. The van der Waals surface area contributed by atoms with Gasteiger partial charge in [-0.3, -0.25) is 9.59 Å². The Hall–Kier alpha value is -4.65. The van der Waals surface area contributed by atoms with Crippen LogP contribution in [0.2, 0.25) is 0 Å². The predicted molar refractivity (Wildman–Crippen MR) is 161 cm³/mol. The van der Waals surface area contributed by atoms with Gasteiger partial charge < -0.3 is 34.9 Å². The molecule has 1 aliphatic rings. The summed E-state index contributed by atoms with van der Waals surface area (Å²) in [4.78, 5) is 31.4. The van der Waals surface area contributed by atoms with Gasteiger partial charge >= 0.3 is 0 Å². The smallest absolute Gasteiger partial charge is 0.277 e. The molecule has 0 saturated carbocycles. The number of aliphatic hydroxyl groups excluding tert-OH is 1. The molecule has 0 spiro atoms. The van der Waals surface area contributed by atoms with Crippen molar-refractivity contribution in [3.63, 3.8) is 0 Å². The number of carbonyl (C=O) groups excluding carboxylic acids is 2. The Morgan fingerprint density at radius 3 is 2.84 bits per heavy atom. The summed E-state index contributed by atoms with van der Waals surface area (Å²) in [6.45, 7) is 1.23. The van der Waals surface area contributed by atoms with E-state index in [1.807, 2.05) is 18.2 Å². The lowest BCUT2D eigenvalue weighted by Crippen LogP contribution is -2.30. The highest BCUT2D eigenvalue weighted by Gasteiger charge is 2.36. The van der Waals surface area contributed by atoms with Crippen LogP contribution in [-0.4, -0.2) is 81.4 Å². The zero-order chi connectivity index (χ0) is 30.1. The number of aliphatic hydroxyl groups is 1. The highest BCUT2D eigenvalue weighted by atomic mass is 35.5. The van der Waals surface area contributed by atoms with E-state index in [1.54, 1.807) is 42.3 Å². The summed E-state index contributed by atoms with van der Waals surface area (Å²) >= 11 is 6.38. The maximum absolute atomic E-state index is 13.8. The van der Waals surface area contributed by atoms with Gasteiger partial charge in [0.15, 0.2) is 5.69 Å². The molecule has 2 aromatic heterocycles. The summed E-state index contributed by atoms with van der Waals surface area (Å²) in [5, 5.41) is 32.4. The van der Waals surface area contributed by atoms with Gasteiger partial charge in [-0.2, -0.15) is 0 Å². The van der Waals surface area contributed by atoms with Crippen molar-refractivity contribution in [2.75, 3.05) is 49.6 Å². The molecular formula is C30H29ClN6O6. The lowest BCUT2D eigenvalue weighted by atomic mass is 9.94. The van der Waals surface area contributed by atoms with Crippen LogP contribution in [0.4, 0.5) is 11.4 Å². The third-order valence-corrected chi connectivity index (χ3v) is 7.83. The molecule has 12 nitrogen and oxygen atoms in total. The van der Waals surface area contributed by atoms with E-state index < -0.39 is 5.91 Å². The number of nitrogens with one attached hydrogen (secondary N) is 2. The molecule has 5 aromatic rings. The van der Waals surface area contributed by atoms with E-state index in [9.17, 15) is 14.7 Å². The van der Waals surface area contributed by atoms with Crippen molar-refractivity contribution >= 4 is 56.5 Å². The van der Waals surface area contributed by atoms with Crippen molar-refractivity contribution in [3.8, 4) is 11.5 Å². The molecule has 222 valence electrons. The van der Waals surface area contributed by atoms with E-state index in [1.165, 1.54) is 10.9 Å². The van der Waals surface area contributed by atoms with Crippen molar-refractivity contribution in [2.45, 2.75) is 12.5 Å². The second-order valence-corrected chi connectivity index (χ2v) is 10.4. The predicted octanol–water partition coefficient (Wildman–Crippen LogP) is 3.87. The second-order valence-electron chi connectivity index (χ2n) is 10.1. The number of phenolic OH excluding ortho intramolecular Hbond substituents is 1. The summed E-state index contributed by atoms with van der Waals surface area (Å²) < 4.78 is 12.3. The maximum Gasteiger partial charge on any atom is 0.277 e. The number of fused-ring (bicyclic) bond motifs is 4. The van der Waals surface area contributed by atoms with Crippen LogP contribution in [0.25, 0.3) is 21.7 Å². The molecule has 1 aliphatic heterocycles. The summed E-state index contributed by atoms with van der Waals surface area (Å²) in [7, 11) is 1.57. The minimum atomic E-state index is -0.433. The molecule has 0 aliphatic carbocycles. The standard InChI is InChI=1S/C30H29ClN6O6/c1-42-26-4-2-3-20-25(39)13-24-27(28(20)26)18(14-31)15-37(24)30(41)22-12-17-11-19(5-6-21(17)33-22)32-29(40)23-16-36(35-34-23)7-9-43-10-8-38/h2-6,11-13,16,18,33,38-39H,7-10,14-15H2,1H3,(H,32,40)/t18-/m1/s1. The maximum atomic E-state index is 13.8. The minimum absolute atomic E-state index is 0.0489. The molecule has 0 radical (unpaired) electrons. The fraction of sp³-hybridized carbons (Fsp3) is 0.267. The zero-order valence-corrected chi connectivity index (χ0v) is 24.0. The summed E-state index contributed by atoms with van der Waals surface area (Å²) in [5.41, 5.74) is 3.18. The number of H-pyrrole nitrogens is 1. The van der Waals surface area contributed by atoms with Crippen LogP contribution in [0.15, 0.2) is 54.7 Å². The fourth-order valence-corrected chi connectivity index (χ4v) is 5.72. The number of methoxy groups -OCH3 is 1. The number of amides is 2. The molecule has 13 heteroatoms. The Kier molecular flexibility index (Phi) is 7.89. The molecule has 43 heavy (non-hydrogen) atoms. The number of rotatable bonds is 10. The van der Waals surface area contributed by atoms with Gasteiger partial charge in [0.2, 0.25) is 0 Å². The van der Waals surface area contributed by atoms with Gasteiger partial charge in [0, 0.05) is 51.8 Å². The minimum Gasteiger partial charge on any atom is -0.507 e. The number of nitrogens with zero attached hydrogens (tertiary/aromatic N) is 4. The Bertz CT molecular complexity index is 1840. The van der Waals surface area contributed by atoms with Crippen LogP contribution >= 0.6 is 11.6 Å². The van der Waals surface area contributed by atoms with Gasteiger partial charge in [0.1, 0.15) is 17.2 Å². The molecular weight excluding hydrogens is 576 g/mol. The normalized spacial score (nSPS) is 14.4. The molecule has 0 unspecified atom stereocenters. The van der Waals surface area contributed by atoms with Crippen molar-refractivity contribution in [1.29, 1.82) is 0 Å². The third-order valence-electron chi connectivity index (χ3n) is 7.45. The SMILES string of the molecule is COc1cccc2c(O)cc3c(c12)[C@H](CCl)CN3C(=O)c1cc2cc(NC(=O)c3cn(CCOCCO)nn3)ccc2[nH]1. The first-order chi connectivity index (χ1) is 20.9. The number of hydrogen-bond donors (Lipinski definition) is 4. The lowest BCUT2D eigenvalue weighted by molar-refractivity contribution is 0.0851. The van der Waals surface area contributed by atoms with Crippen LogP contribution < -0.4 is 15.0 Å². The van der Waals surface area contributed by atoms with Crippen molar-refractivity contribution in [2.24, 2.45) is 0 Å². The molecule has 0 saturated heterocycles. The number of aromatic nitrogens is 4. The molecule has 1 atom stereocenters. The number of benzene rings is 3. The summed E-state index contributed by atoms with van der Waals surface area (Å²) in [6, 6.07) is 14.0. The van der Waals surface area contributed by atoms with Gasteiger partial charge in [0.05, 0.1) is 45.4 Å². The number of ether oxygens (including phenoxy) is 2. The summed E-state index contributed by atoms with van der Waals surface area (Å²) in [5.74, 6) is 0.0742. The number of halogens is 1. The van der Waals surface area contributed by atoms with Crippen LogP contribution in [0, 0.1) is 0 Å². The van der Waals surface area contributed by atoms with Gasteiger partial charge in [0.25, 0.3) is 11.8 Å². The largest absolute Gasteiger partial charge is 0.507 e. The van der Waals surface area contributed by atoms with E-state index in [-0.39, 0.29) is 42.4 Å². The Morgan fingerprint density at radius 1 is 1.19 bits per heavy atom. The first kappa shape index (κ1) is 28.5.